The minimum absolute atomic E-state index is 0.357. The fourth-order valence-electron chi connectivity index (χ4n) is 1.76. The van der Waals surface area contributed by atoms with Gasteiger partial charge in [0.25, 0.3) is 0 Å². The predicted molar refractivity (Wildman–Crippen MR) is 54.5 cm³/mol. The van der Waals surface area contributed by atoms with Crippen LogP contribution in [0.4, 0.5) is 13.2 Å². The second-order valence-electron chi connectivity index (χ2n) is 3.98. The number of alkyl halides is 3. The van der Waals surface area contributed by atoms with Crippen LogP contribution in [0.1, 0.15) is 11.6 Å². The maximum absolute atomic E-state index is 12.2. The number of rotatable bonds is 3. The van der Waals surface area contributed by atoms with Crippen molar-refractivity contribution < 1.29 is 17.6 Å². The standard InChI is InChI=1S/C10H14F3N3O/c11-10(12,13)9-15-8(7-17-9)1-4-16-5-2-14-3-6-16/h7,14H,1-6H2. The van der Waals surface area contributed by atoms with Crippen LogP contribution in [0.2, 0.25) is 0 Å². The minimum Gasteiger partial charge on any atom is -0.441 e. The van der Waals surface area contributed by atoms with Gasteiger partial charge in [0.1, 0.15) is 6.26 Å². The van der Waals surface area contributed by atoms with Gasteiger partial charge in [-0.15, -0.1) is 0 Å². The van der Waals surface area contributed by atoms with Gasteiger partial charge in [-0.1, -0.05) is 0 Å². The highest BCUT2D eigenvalue weighted by molar-refractivity contribution is 4.99. The second kappa shape index (κ2) is 5.05. The van der Waals surface area contributed by atoms with Gasteiger partial charge in [-0.25, -0.2) is 4.98 Å². The van der Waals surface area contributed by atoms with Gasteiger partial charge in [0.05, 0.1) is 5.69 Å². The van der Waals surface area contributed by atoms with Crippen molar-refractivity contribution in [1.82, 2.24) is 15.2 Å². The predicted octanol–water partition coefficient (Wildman–Crippen LogP) is 1.14. The Labute approximate surface area is 96.8 Å². The van der Waals surface area contributed by atoms with Crippen LogP contribution in [-0.2, 0) is 12.6 Å². The molecule has 17 heavy (non-hydrogen) atoms. The number of halogens is 3. The van der Waals surface area contributed by atoms with E-state index in [1.807, 2.05) is 0 Å². The Morgan fingerprint density at radius 2 is 2.06 bits per heavy atom. The third-order valence-corrected chi connectivity index (χ3v) is 2.69. The number of oxazole rings is 1. The van der Waals surface area contributed by atoms with Crippen LogP contribution in [0.15, 0.2) is 10.7 Å². The summed E-state index contributed by atoms with van der Waals surface area (Å²) in [6.07, 6.45) is -2.92. The van der Waals surface area contributed by atoms with Gasteiger partial charge in [-0.05, 0) is 0 Å². The highest BCUT2D eigenvalue weighted by atomic mass is 19.4. The van der Waals surface area contributed by atoms with Crippen LogP contribution >= 0.6 is 0 Å². The molecule has 0 unspecified atom stereocenters. The first-order valence-corrected chi connectivity index (χ1v) is 5.50. The lowest BCUT2D eigenvalue weighted by molar-refractivity contribution is -0.157. The number of aromatic nitrogens is 1. The third kappa shape index (κ3) is 3.44. The molecule has 0 saturated carbocycles. The Kier molecular flexibility index (Phi) is 3.68. The molecule has 1 aromatic heterocycles. The fraction of sp³-hybridized carbons (Fsp3) is 0.700. The van der Waals surface area contributed by atoms with Crippen molar-refractivity contribution in [2.24, 2.45) is 0 Å². The van der Waals surface area contributed by atoms with Gasteiger partial charge < -0.3 is 14.6 Å². The van der Waals surface area contributed by atoms with Crippen molar-refractivity contribution in [3.63, 3.8) is 0 Å². The highest BCUT2D eigenvalue weighted by Gasteiger charge is 2.37. The SMILES string of the molecule is FC(F)(F)c1nc(CCN2CCNCC2)co1. The lowest BCUT2D eigenvalue weighted by atomic mass is 10.3. The molecule has 1 N–H and O–H groups in total. The number of nitrogens with one attached hydrogen (secondary N) is 1. The Hall–Kier alpha value is -1.08. The van der Waals surface area contributed by atoms with Crippen molar-refractivity contribution in [1.29, 1.82) is 0 Å². The lowest BCUT2D eigenvalue weighted by Crippen LogP contribution is -2.44. The molecule has 96 valence electrons. The zero-order valence-corrected chi connectivity index (χ0v) is 9.26. The molecular formula is C10H14F3N3O. The number of hydrogen-bond donors (Lipinski definition) is 1. The number of hydrogen-bond acceptors (Lipinski definition) is 4. The van der Waals surface area contributed by atoms with Crippen LogP contribution in [0.3, 0.4) is 0 Å². The summed E-state index contributed by atoms with van der Waals surface area (Å²) in [5, 5.41) is 3.21. The number of nitrogens with zero attached hydrogens (tertiary/aromatic N) is 2. The summed E-state index contributed by atoms with van der Waals surface area (Å²) < 4.78 is 41.1. The van der Waals surface area contributed by atoms with E-state index in [0.717, 1.165) is 32.4 Å². The highest BCUT2D eigenvalue weighted by Crippen LogP contribution is 2.28. The average molecular weight is 249 g/mol. The molecule has 1 aliphatic heterocycles. The molecule has 4 nitrogen and oxygen atoms in total. The molecule has 1 aliphatic rings. The van der Waals surface area contributed by atoms with Crippen LogP contribution in [-0.4, -0.2) is 42.6 Å². The molecule has 0 aliphatic carbocycles. The summed E-state index contributed by atoms with van der Waals surface area (Å²) in [5.74, 6) is -1.16. The van der Waals surface area contributed by atoms with Crippen molar-refractivity contribution in [3.8, 4) is 0 Å². The molecule has 2 rings (SSSR count). The Morgan fingerprint density at radius 3 is 2.65 bits per heavy atom. The molecule has 0 radical (unpaired) electrons. The molecule has 1 fully saturated rings. The van der Waals surface area contributed by atoms with Crippen molar-refractivity contribution >= 4 is 0 Å². The van der Waals surface area contributed by atoms with E-state index in [2.05, 4.69) is 19.6 Å². The first-order chi connectivity index (χ1) is 8.05. The van der Waals surface area contributed by atoms with Gasteiger partial charge >= 0.3 is 12.1 Å². The summed E-state index contributed by atoms with van der Waals surface area (Å²) in [7, 11) is 0. The molecule has 0 atom stereocenters. The zero-order chi connectivity index (χ0) is 12.3. The first-order valence-electron chi connectivity index (χ1n) is 5.50. The average Bonchev–Trinajstić information content (AvgIpc) is 2.76. The zero-order valence-electron chi connectivity index (χ0n) is 9.26. The molecule has 1 aromatic rings. The topological polar surface area (TPSA) is 41.3 Å². The van der Waals surface area contributed by atoms with E-state index in [-0.39, 0.29) is 0 Å². The van der Waals surface area contributed by atoms with E-state index < -0.39 is 12.1 Å². The van der Waals surface area contributed by atoms with Gasteiger partial charge in [0.2, 0.25) is 0 Å². The lowest BCUT2D eigenvalue weighted by Gasteiger charge is -2.26. The van der Waals surface area contributed by atoms with E-state index >= 15 is 0 Å². The quantitative estimate of drug-likeness (QED) is 0.872. The Balaban J connectivity index is 1.84. The Morgan fingerprint density at radius 1 is 1.35 bits per heavy atom. The van der Waals surface area contributed by atoms with Crippen LogP contribution in [0.25, 0.3) is 0 Å². The molecule has 7 heteroatoms. The van der Waals surface area contributed by atoms with E-state index in [4.69, 9.17) is 0 Å². The number of piperazine rings is 1. The van der Waals surface area contributed by atoms with Crippen molar-refractivity contribution in [2.75, 3.05) is 32.7 Å². The third-order valence-electron chi connectivity index (χ3n) is 2.69. The first kappa shape index (κ1) is 12.4. The maximum atomic E-state index is 12.2. The monoisotopic (exact) mass is 249 g/mol. The van der Waals surface area contributed by atoms with E-state index in [0.29, 0.717) is 18.7 Å². The minimum atomic E-state index is -4.49. The summed E-state index contributed by atoms with van der Waals surface area (Å²) >= 11 is 0. The molecule has 0 spiro atoms. The molecule has 2 heterocycles. The second-order valence-corrected chi connectivity index (χ2v) is 3.98. The molecule has 0 bridgehead atoms. The van der Waals surface area contributed by atoms with E-state index in [1.54, 1.807) is 0 Å². The van der Waals surface area contributed by atoms with Gasteiger partial charge in [0.15, 0.2) is 0 Å². The van der Waals surface area contributed by atoms with Crippen LogP contribution in [0.5, 0.6) is 0 Å². The smallest absolute Gasteiger partial charge is 0.441 e. The van der Waals surface area contributed by atoms with Crippen molar-refractivity contribution in [2.45, 2.75) is 12.6 Å². The van der Waals surface area contributed by atoms with Gasteiger partial charge in [-0.3, -0.25) is 0 Å². The molecule has 0 aromatic carbocycles. The van der Waals surface area contributed by atoms with Gasteiger partial charge in [-0.2, -0.15) is 13.2 Å². The summed E-state index contributed by atoms with van der Waals surface area (Å²) in [4.78, 5) is 5.62. The Bertz CT molecular complexity index is 358. The molecule has 0 amide bonds. The maximum Gasteiger partial charge on any atom is 0.468 e. The van der Waals surface area contributed by atoms with Gasteiger partial charge in [0, 0.05) is 39.1 Å². The van der Waals surface area contributed by atoms with Crippen molar-refractivity contribution in [3.05, 3.63) is 17.8 Å². The van der Waals surface area contributed by atoms with E-state index in [1.165, 1.54) is 0 Å². The summed E-state index contributed by atoms with van der Waals surface area (Å²) in [6, 6.07) is 0. The summed E-state index contributed by atoms with van der Waals surface area (Å²) in [5.41, 5.74) is 0.357. The van der Waals surface area contributed by atoms with E-state index in [9.17, 15) is 13.2 Å². The van der Waals surface area contributed by atoms with Crippen LogP contribution in [0, 0.1) is 0 Å². The normalized spacial score (nSPS) is 18.5. The molecular weight excluding hydrogens is 235 g/mol. The summed E-state index contributed by atoms with van der Waals surface area (Å²) in [6.45, 7) is 4.40. The largest absolute Gasteiger partial charge is 0.468 e. The molecule has 1 saturated heterocycles. The van der Waals surface area contributed by atoms with Crippen LogP contribution < -0.4 is 5.32 Å². The fourth-order valence-corrected chi connectivity index (χ4v) is 1.76.